The van der Waals surface area contributed by atoms with E-state index in [-0.39, 0.29) is 6.10 Å². The van der Waals surface area contributed by atoms with Crippen LogP contribution in [0.5, 0.6) is 0 Å². The number of rotatable bonds is 2. The van der Waals surface area contributed by atoms with Crippen LogP contribution in [0.4, 0.5) is 0 Å². The molecule has 1 aromatic carbocycles. The highest BCUT2D eigenvalue weighted by molar-refractivity contribution is 6.42. The van der Waals surface area contributed by atoms with Crippen LogP contribution in [0.3, 0.4) is 0 Å². The summed E-state index contributed by atoms with van der Waals surface area (Å²) in [4.78, 5) is 2.39. The first-order chi connectivity index (χ1) is 8.13. The molecule has 2 nitrogen and oxygen atoms in total. The maximum atomic E-state index is 9.62. The van der Waals surface area contributed by atoms with Crippen LogP contribution in [0.15, 0.2) is 18.2 Å². The predicted molar refractivity (Wildman–Crippen MR) is 69.3 cm³/mol. The molecule has 2 aliphatic rings. The summed E-state index contributed by atoms with van der Waals surface area (Å²) in [5.41, 5.74) is 1.19. The molecule has 2 fully saturated rings. The zero-order valence-corrected chi connectivity index (χ0v) is 11.0. The van der Waals surface area contributed by atoms with Gasteiger partial charge in [-0.15, -0.1) is 0 Å². The molecule has 1 N–H and O–H groups in total. The van der Waals surface area contributed by atoms with E-state index < -0.39 is 0 Å². The molecular weight excluding hydrogens is 257 g/mol. The van der Waals surface area contributed by atoms with Crippen molar-refractivity contribution in [3.8, 4) is 0 Å². The number of fused-ring (bicyclic) bond motifs is 1. The van der Waals surface area contributed by atoms with Gasteiger partial charge in [0.2, 0.25) is 0 Å². The molecule has 1 aliphatic carbocycles. The third-order valence-electron chi connectivity index (χ3n) is 4.00. The van der Waals surface area contributed by atoms with Gasteiger partial charge in [-0.3, -0.25) is 4.90 Å². The van der Waals surface area contributed by atoms with Crippen molar-refractivity contribution in [3.05, 3.63) is 33.8 Å². The van der Waals surface area contributed by atoms with Gasteiger partial charge in [0.15, 0.2) is 0 Å². The summed E-state index contributed by atoms with van der Waals surface area (Å²) in [6.07, 6.45) is 0.904. The van der Waals surface area contributed by atoms with E-state index in [1.807, 2.05) is 18.2 Å². The van der Waals surface area contributed by atoms with Gasteiger partial charge in [0.25, 0.3) is 0 Å². The average Bonchev–Trinajstić information content (AvgIpc) is 2.61. The lowest BCUT2D eigenvalue weighted by Crippen LogP contribution is -2.39. The Bertz CT molecular complexity index is 437. The molecule has 1 heterocycles. The molecule has 0 aromatic heterocycles. The van der Waals surface area contributed by atoms with Crippen LogP contribution in [-0.4, -0.2) is 29.2 Å². The molecule has 0 unspecified atom stereocenters. The van der Waals surface area contributed by atoms with Gasteiger partial charge in [-0.05, 0) is 30.0 Å². The van der Waals surface area contributed by atoms with E-state index in [0.29, 0.717) is 21.9 Å². The predicted octanol–water partition coefficient (Wildman–Crippen LogP) is 2.81. The first-order valence-electron chi connectivity index (χ1n) is 5.98. The zero-order valence-electron chi connectivity index (χ0n) is 9.44. The van der Waals surface area contributed by atoms with E-state index >= 15 is 0 Å². The van der Waals surface area contributed by atoms with Gasteiger partial charge in [0.05, 0.1) is 16.1 Å². The fourth-order valence-corrected chi connectivity index (χ4v) is 3.31. The third-order valence-corrected chi connectivity index (χ3v) is 4.73. The van der Waals surface area contributed by atoms with Crippen molar-refractivity contribution in [3.63, 3.8) is 0 Å². The second-order valence-corrected chi connectivity index (χ2v) is 5.98. The monoisotopic (exact) mass is 271 g/mol. The van der Waals surface area contributed by atoms with Crippen LogP contribution >= 0.6 is 23.2 Å². The molecule has 1 saturated heterocycles. The van der Waals surface area contributed by atoms with Gasteiger partial charge in [-0.1, -0.05) is 29.3 Å². The minimum Gasteiger partial charge on any atom is -0.393 e. The van der Waals surface area contributed by atoms with E-state index in [2.05, 4.69) is 4.90 Å². The highest BCUT2D eigenvalue weighted by Crippen LogP contribution is 2.41. The maximum absolute atomic E-state index is 9.62. The Morgan fingerprint density at radius 1 is 1.24 bits per heavy atom. The van der Waals surface area contributed by atoms with Gasteiger partial charge >= 0.3 is 0 Å². The molecule has 1 aliphatic heterocycles. The zero-order chi connectivity index (χ0) is 12.0. The molecule has 92 valence electrons. The lowest BCUT2D eigenvalue weighted by atomic mass is 9.74. The highest BCUT2D eigenvalue weighted by atomic mass is 35.5. The summed E-state index contributed by atoms with van der Waals surface area (Å²) < 4.78 is 0. The summed E-state index contributed by atoms with van der Waals surface area (Å²) in [5, 5.41) is 10.8. The minimum atomic E-state index is -0.0706. The summed E-state index contributed by atoms with van der Waals surface area (Å²) in [7, 11) is 0. The summed E-state index contributed by atoms with van der Waals surface area (Å²) in [6.45, 7) is 3.00. The quantitative estimate of drug-likeness (QED) is 0.894. The molecule has 3 rings (SSSR count). The number of nitrogens with zero attached hydrogens (tertiary/aromatic N) is 1. The molecule has 0 amide bonds. The largest absolute Gasteiger partial charge is 0.393 e. The minimum absolute atomic E-state index is 0.0706. The third kappa shape index (κ3) is 2.19. The fourth-order valence-electron chi connectivity index (χ4n) is 2.99. The number of benzene rings is 1. The van der Waals surface area contributed by atoms with Crippen molar-refractivity contribution in [2.75, 3.05) is 13.1 Å². The Morgan fingerprint density at radius 3 is 2.71 bits per heavy atom. The number of aliphatic hydroxyl groups excluding tert-OH is 1. The van der Waals surface area contributed by atoms with E-state index in [4.69, 9.17) is 23.2 Å². The van der Waals surface area contributed by atoms with Gasteiger partial charge < -0.3 is 5.11 Å². The standard InChI is InChI=1S/C13H15Cl2NO/c14-11-2-1-8(3-12(11)15)5-16-6-9-4-13(17)10(9)7-16/h1-3,9-10,13,17H,4-7H2/t9-,10+,13+/m1/s1. The molecule has 3 atom stereocenters. The number of hydrogen-bond donors (Lipinski definition) is 1. The van der Waals surface area contributed by atoms with Crippen LogP contribution in [0.2, 0.25) is 10.0 Å². The lowest BCUT2D eigenvalue weighted by molar-refractivity contribution is -0.00435. The van der Waals surface area contributed by atoms with Gasteiger partial charge in [0.1, 0.15) is 0 Å². The van der Waals surface area contributed by atoms with Crippen LogP contribution < -0.4 is 0 Å². The molecule has 0 bridgehead atoms. The van der Waals surface area contributed by atoms with E-state index in [9.17, 15) is 5.11 Å². The van der Waals surface area contributed by atoms with E-state index in [0.717, 1.165) is 26.1 Å². The smallest absolute Gasteiger partial charge is 0.0595 e. The molecule has 1 saturated carbocycles. The lowest BCUT2D eigenvalue weighted by Gasteiger charge is -2.35. The van der Waals surface area contributed by atoms with Crippen LogP contribution in [-0.2, 0) is 6.54 Å². The van der Waals surface area contributed by atoms with Crippen molar-refractivity contribution >= 4 is 23.2 Å². The topological polar surface area (TPSA) is 23.5 Å². The highest BCUT2D eigenvalue weighted by Gasteiger charge is 2.45. The molecule has 0 spiro atoms. The summed E-state index contributed by atoms with van der Waals surface area (Å²) in [6, 6.07) is 5.80. The molecule has 4 heteroatoms. The first-order valence-corrected chi connectivity index (χ1v) is 6.73. The summed E-state index contributed by atoms with van der Waals surface area (Å²) >= 11 is 11.9. The van der Waals surface area contributed by atoms with Crippen molar-refractivity contribution in [1.82, 2.24) is 4.90 Å². The normalized spacial score (nSPS) is 32.3. The van der Waals surface area contributed by atoms with Crippen molar-refractivity contribution in [1.29, 1.82) is 0 Å². The Kier molecular flexibility index (Phi) is 3.07. The average molecular weight is 272 g/mol. The Balaban J connectivity index is 1.65. The SMILES string of the molecule is O[C@H]1C[C@@H]2CN(Cc3ccc(Cl)c(Cl)c3)C[C@@H]21. The van der Waals surface area contributed by atoms with Gasteiger partial charge in [-0.2, -0.15) is 0 Å². The van der Waals surface area contributed by atoms with Crippen LogP contribution in [0.1, 0.15) is 12.0 Å². The fraction of sp³-hybridized carbons (Fsp3) is 0.538. The maximum Gasteiger partial charge on any atom is 0.0595 e. The number of hydrogen-bond acceptors (Lipinski definition) is 2. The van der Waals surface area contributed by atoms with Crippen molar-refractivity contribution in [2.24, 2.45) is 11.8 Å². The van der Waals surface area contributed by atoms with Crippen molar-refractivity contribution in [2.45, 2.75) is 19.1 Å². The Morgan fingerprint density at radius 2 is 2.06 bits per heavy atom. The molecule has 17 heavy (non-hydrogen) atoms. The van der Waals surface area contributed by atoms with Crippen molar-refractivity contribution < 1.29 is 5.11 Å². The van der Waals surface area contributed by atoms with Gasteiger partial charge in [0, 0.05) is 25.6 Å². The number of likely N-dealkylation sites (tertiary alicyclic amines) is 1. The Labute approximate surface area is 111 Å². The number of aliphatic hydroxyl groups is 1. The molecule has 0 radical (unpaired) electrons. The molecule has 1 aromatic rings. The van der Waals surface area contributed by atoms with E-state index in [1.54, 1.807) is 0 Å². The second-order valence-electron chi connectivity index (χ2n) is 5.17. The molecular formula is C13H15Cl2NO. The van der Waals surface area contributed by atoms with Gasteiger partial charge in [-0.25, -0.2) is 0 Å². The Hall–Kier alpha value is -0.280. The second kappa shape index (κ2) is 4.43. The van der Waals surface area contributed by atoms with Crippen LogP contribution in [0.25, 0.3) is 0 Å². The van der Waals surface area contributed by atoms with E-state index in [1.165, 1.54) is 5.56 Å². The summed E-state index contributed by atoms with van der Waals surface area (Å²) in [5.74, 6) is 1.20. The number of halogens is 2. The van der Waals surface area contributed by atoms with Crippen LogP contribution in [0, 0.1) is 11.8 Å². The first kappa shape index (κ1) is 11.8.